The minimum absolute atomic E-state index is 0.586. The maximum atomic E-state index is 5.68. The first-order valence-corrected chi connectivity index (χ1v) is 6.44. The molecule has 0 saturated heterocycles. The van der Waals surface area contributed by atoms with Gasteiger partial charge in [0, 0.05) is 13.1 Å². The van der Waals surface area contributed by atoms with Gasteiger partial charge in [0.25, 0.3) is 0 Å². The maximum absolute atomic E-state index is 5.68. The lowest BCUT2D eigenvalue weighted by Crippen LogP contribution is -2.25. The molecule has 17 heavy (non-hydrogen) atoms. The van der Waals surface area contributed by atoms with E-state index in [1.165, 1.54) is 0 Å². The fraction of sp³-hybridized carbons (Fsp3) is 0.571. The van der Waals surface area contributed by atoms with Crippen molar-refractivity contribution >= 4 is 0 Å². The lowest BCUT2D eigenvalue weighted by molar-refractivity contribution is 0.249. The van der Waals surface area contributed by atoms with Crippen molar-refractivity contribution in [2.45, 2.75) is 26.8 Å². The fourth-order valence-electron chi connectivity index (χ4n) is 1.74. The Bertz CT molecular complexity index is 294. The van der Waals surface area contributed by atoms with E-state index in [0.717, 1.165) is 44.0 Å². The van der Waals surface area contributed by atoms with Gasteiger partial charge in [0.15, 0.2) is 0 Å². The van der Waals surface area contributed by atoms with Gasteiger partial charge in [-0.25, -0.2) is 0 Å². The first kappa shape index (κ1) is 14.0. The number of benzene rings is 1. The van der Waals surface area contributed by atoms with E-state index in [1.807, 2.05) is 24.3 Å². The van der Waals surface area contributed by atoms with Crippen LogP contribution in [0.2, 0.25) is 0 Å². The summed E-state index contributed by atoms with van der Waals surface area (Å²) in [6.07, 6.45) is 1.07. The van der Waals surface area contributed by atoms with E-state index in [4.69, 9.17) is 10.5 Å². The van der Waals surface area contributed by atoms with Crippen molar-refractivity contribution in [3.05, 3.63) is 29.8 Å². The molecule has 0 amide bonds. The van der Waals surface area contributed by atoms with Crippen molar-refractivity contribution in [2.75, 3.05) is 26.2 Å². The van der Waals surface area contributed by atoms with Gasteiger partial charge in [-0.05, 0) is 37.2 Å². The summed E-state index contributed by atoms with van der Waals surface area (Å²) in [5.41, 5.74) is 6.68. The molecule has 0 fully saturated rings. The largest absolute Gasteiger partial charge is 0.494 e. The summed E-state index contributed by atoms with van der Waals surface area (Å²) in [7, 11) is 0. The van der Waals surface area contributed by atoms with Crippen molar-refractivity contribution < 1.29 is 4.74 Å². The molecule has 2 N–H and O–H groups in total. The molecule has 0 aliphatic heterocycles. The highest BCUT2D eigenvalue weighted by molar-refractivity contribution is 5.26. The maximum Gasteiger partial charge on any atom is 0.119 e. The second kappa shape index (κ2) is 8.09. The van der Waals surface area contributed by atoms with E-state index in [2.05, 4.69) is 18.7 Å². The monoisotopic (exact) mass is 236 g/mol. The summed E-state index contributed by atoms with van der Waals surface area (Å²) in [6, 6.07) is 8.00. The molecule has 3 nitrogen and oxygen atoms in total. The Morgan fingerprint density at radius 3 is 2.29 bits per heavy atom. The van der Waals surface area contributed by atoms with Crippen molar-refractivity contribution in [1.82, 2.24) is 4.90 Å². The third-order valence-corrected chi connectivity index (χ3v) is 2.94. The summed E-state index contributed by atoms with van der Waals surface area (Å²) < 4.78 is 5.68. The number of ether oxygens (including phenoxy) is 1. The third-order valence-electron chi connectivity index (χ3n) is 2.94. The van der Waals surface area contributed by atoms with E-state index in [0.29, 0.717) is 6.54 Å². The highest BCUT2D eigenvalue weighted by Crippen LogP contribution is 2.11. The molecule has 0 aliphatic carbocycles. The Labute approximate surface area is 105 Å². The van der Waals surface area contributed by atoms with Crippen molar-refractivity contribution in [2.24, 2.45) is 5.73 Å². The molecule has 0 aromatic heterocycles. The zero-order valence-electron chi connectivity index (χ0n) is 11.0. The number of hydrogen-bond acceptors (Lipinski definition) is 3. The zero-order valence-corrected chi connectivity index (χ0v) is 11.0. The molecular formula is C14H24N2O. The number of rotatable bonds is 8. The zero-order chi connectivity index (χ0) is 12.5. The lowest BCUT2D eigenvalue weighted by Gasteiger charge is -2.17. The van der Waals surface area contributed by atoms with Crippen LogP contribution in [-0.4, -0.2) is 31.1 Å². The van der Waals surface area contributed by atoms with Crippen LogP contribution in [0.25, 0.3) is 0 Å². The Hall–Kier alpha value is -1.06. The standard InChI is InChI=1S/C14H24N2O/c1-3-16(4-2)10-5-11-17-14-8-6-13(12-15)7-9-14/h6-9H,3-5,10-12,15H2,1-2H3. The van der Waals surface area contributed by atoms with E-state index < -0.39 is 0 Å². The minimum atomic E-state index is 0.586. The summed E-state index contributed by atoms with van der Waals surface area (Å²) in [4.78, 5) is 2.40. The van der Waals surface area contributed by atoms with Gasteiger partial charge < -0.3 is 15.4 Å². The average Bonchev–Trinajstić information content (AvgIpc) is 2.40. The second-order valence-corrected chi connectivity index (χ2v) is 4.08. The van der Waals surface area contributed by atoms with Gasteiger partial charge in [-0.3, -0.25) is 0 Å². The number of hydrogen-bond donors (Lipinski definition) is 1. The van der Waals surface area contributed by atoms with E-state index in [9.17, 15) is 0 Å². The molecule has 1 aromatic rings. The van der Waals surface area contributed by atoms with E-state index in [-0.39, 0.29) is 0 Å². The smallest absolute Gasteiger partial charge is 0.119 e. The average molecular weight is 236 g/mol. The van der Waals surface area contributed by atoms with Gasteiger partial charge in [0.1, 0.15) is 5.75 Å². The molecule has 0 heterocycles. The van der Waals surface area contributed by atoms with E-state index in [1.54, 1.807) is 0 Å². The van der Waals surface area contributed by atoms with Crippen LogP contribution in [0.3, 0.4) is 0 Å². The molecule has 1 aromatic carbocycles. The van der Waals surface area contributed by atoms with Crippen LogP contribution in [0, 0.1) is 0 Å². The summed E-state index contributed by atoms with van der Waals surface area (Å²) in [5.74, 6) is 0.932. The van der Waals surface area contributed by atoms with E-state index >= 15 is 0 Å². The highest BCUT2D eigenvalue weighted by Gasteiger charge is 1.99. The van der Waals surface area contributed by atoms with Gasteiger partial charge in [-0.1, -0.05) is 26.0 Å². The molecule has 0 saturated carbocycles. The number of nitrogens with zero attached hydrogens (tertiary/aromatic N) is 1. The molecule has 0 radical (unpaired) electrons. The van der Waals surface area contributed by atoms with Crippen molar-refractivity contribution in [1.29, 1.82) is 0 Å². The predicted molar refractivity (Wildman–Crippen MR) is 72.2 cm³/mol. The quantitative estimate of drug-likeness (QED) is 0.704. The van der Waals surface area contributed by atoms with Crippen LogP contribution in [0.4, 0.5) is 0 Å². The molecule has 0 unspecified atom stereocenters. The molecular weight excluding hydrogens is 212 g/mol. The van der Waals surface area contributed by atoms with Gasteiger partial charge in [-0.15, -0.1) is 0 Å². The van der Waals surface area contributed by atoms with Gasteiger partial charge in [0.2, 0.25) is 0 Å². The SMILES string of the molecule is CCN(CC)CCCOc1ccc(CN)cc1. The molecule has 3 heteroatoms. The Kier molecular flexibility index (Phi) is 6.67. The summed E-state index contributed by atoms with van der Waals surface area (Å²) >= 11 is 0. The Balaban J connectivity index is 2.21. The van der Waals surface area contributed by atoms with Crippen LogP contribution in [0.5, 0.6) is 5.75 Å². The first-order chi connectivity index (χ1) is 8.30. The fourth-order valence-corrected chi connectivity index (χ4v) is 1.74. The summed E-state index contributed by atoms with van der Waals surface area (Å²) in [5, 5.41) is 0. The van der Waals surface area contributed by atoms with Crippen LogP contribution in [0.15, 0.2) is 24.3 Å². The highest BCUT2D eigenvalue weighted by atomic mass is 16.5. The van der Waals surface area contributed by atoms with Crippen LogP contribution < -0.4 is 10.5 Å². The van der Waals surface area contributed by atoms with Crippen LogP contribution in [0.1, 0.15) is 25.8 Å². The topological polar surface area (TPSA) is 38.5 Å². The molecule has 0 bridgehead atoms. The molecule has 0 atom stereocenters. The van der Waals surface area contributed by atoms with Crippen LogP contribution in [-0.2, 0) is 6.54 Å². The Morgan fingerprint density at radius 1 is 1.12 bits per heavy atom. The normalized spacial score (nSPS) is 10.8. The Morgan fingerprint density at radius 2 is 1.76 bits per heavy atom. The summed E-state index contributed by atoms with van der Waals surface area (Å²) in [6.45, 7) is 9.07. The molecule has 0 aliphatic rings. The van der Waals surface area contributed by atoms with Crippen molar-refractivity contribution in [3.8, 4) is 5.75 Å². The minimum Gasteiger partial charge on any atom is -0.494 e. The lowest BCUT2D eigenvalue weighted by atomic mass is 10.2. The van der Waals surface area contributed by atoms with Gasteiger partial charge in [0.05, 0.1) is 6.61 Å². The van der Waals surface area contributed by atoms with Crippen molar-refractivity contribution in [3.63, 3.8) is 0 Å². The van der Waals surface area contributed by atoms with Crippen LogP contribution >= 0.6 is 0 Å². The number of nitrogens with two attached hydrogens (primary N) is 1. The second-order valence-electron chi connectivity index (χ2n) is 4.08. The van der Waals surface area contributed by atoms with Gasteiger partial charge in [-0.2, -0.15) is 0 Å². The predicted octanol–water partition coefficient (Wildman–Crippen LogP) is 2.26. The molecule has 96 valence electrons. The van der Waals surface area contributed by atoms with Gasteiger partial charge >= 0.3 is 0 Å². The molecule has 0 spiro atoms. The first-order valence-electron chi connectivity index (χ1n) is 6.44. The molecule has 1 rings (SSSR count). The third kappa shape index (κ3) is 5.20.